The number of hydrogen-bond acceptors (Lipinski definition) is 4. The number of rotatable bonds is 1. The van der Waals surface area contributed by atoms with Crippen LogP contribution in [0, 0.1) is 41.5 Å². The third-order valence-corrected chi connectivity index (χ3v) is 6.59. The van der Waals surface area contributed by atoms with E-state index in [1.807, 2.05) is 26.1 Å². The number of hydrogen-bond donors (Lipinski definition) is 2. The molecule has 0 amide bonds. The van der Waals surface area contributed by atoms with Gasteiger partial charge in [0.15, 0.2) is 0 Å². The molecule has 30 heavy (non-hydrogen) atoms. The van der Waals surface area contributed by atoms with Gasteiger partial charge in [-0.15, -0.1) is 0 Å². The summed E-state index contributed by atoms with van der Waals surface area (Å²) in [5, 5.41) is 2.47. The van der Waals surface area contributed by atoms with Crippen molar-refractivity contribution in [2.75, 3.05) is 5.84 Å². The van der Waals surface area contributed by atoms with E-state index < -0.39 is 10.1 Å². The van der Waals surface area contributed by atoms with Crippen LogP contribution in [-0.2, 0) is 10.1 Å². The monoisotopic (exact) mass is 425 g/mol. The average Bonchev–Trinajstić information content (AvgIpc) is 2.95. The van der Waals surface area contributed by atoms with Crippen LogP contribution in [0.25, 0.3) is 21.8 Å². The van der Waals surface area contributed by atoms with Crippen LogP contribution < -0.4 is 10.5 Å². The van der Waals surface area contributed by atoms with E-state index in [-0.39, 0.29) is 4.90 Å². The van der Waals surface area contributed by atoms with Crippen LogP contribution in [0.2, 0.25) is 0 Å². The first-order valence-electron chi connectivity index (χ1n) is 9.63. The third kappa shape index (κ3) is 4.04. The fraction of sp³-hybridized carbons (Fsp3) is 0.261. The largest absolute Gasteiger partial charge is 0.744 e. The SMILES string of the molecule is Cc1cc(C)c(S(=O)(=O)[O-])c(C)c1.Cc1cc2[nH]c3cc[n+](N)c(C)c3c2cc1C. The van der Waals surface area contributed by atoms with Crippen molar-refractivity contribution in [1.29, 1.82) is 0 Å². The van der Waals surface area contributed by atoms with Crippen LogP contribution in [0.4, 0.5) is 0 Å². The second-order valence-electron chi connectivity index (χ2n) is 7.89. The van der Waals surface area contributed by atoms with Gasteiger partial charge in [0.2, 0.25) is 11.9 Å². The lowest BCUT2D eigenvalue weighted by atomic mass is 10.1. The molecule has 2 aromatic carbocycles. The van der Waals surface area contributed by atoms with E-state index in [1.54, 1.807) is 30.7 Å². The van der Waals surface area contributed by atoms with E-state index >= 15 is 0 Å². The van der Waals surface area contributed by atoms with Gasteiger partial charge in [-0.2, -0.15) is 0 Å². The van der Waals surface area contributed by atoms with Crippen molar-refractivity contribution in [3.05, 3.63) is 70.0 Å². The summed E-state index contributed by atoms with van der Waals surface area (Å²) in [7, 11) is -4.33. The van der Waals surface area contributed by atoms with Crippen molar-refractivity contribution in [3.8, 4) is 0 Å². The molecule has 0 saturated heterocycles. The zero-order valence-corrected chi connectivity index (χ0v) is 18.9. The first kappa shape index (κ1) is 21.8. The number of nitrogen functional groups attached to an aromatic ring is 1. The van der Waals surface area contributed by atoms with Crippen LogP contribution in [0.1, 0.15) is 33.5 Å². The smallest absolute Gasteiger partial charge is 0.218 e. The van der Waals surface area contributed by atoms with Crippen molar-refractivity contribution in [2.24, 2.45) is 0 Å². The van der Waals surface area contributed by atoms with Gasteiger partial charge in [-0.3, -0.25) is 0 Å². The van der Waals surface area contributed by atoms with Crippen LogP contribution in [0.3, 0.4) is 0 Å². The van der Waals surface area contributed by atoms with E-state index in [0.29, 0.717) is 11.1 Å². The summed E-state index contributed by atoms with van der Waals surface area (Å²) < 4.78 is 34.2. The molecular weight excluding hydrogens is 398 g/mol. The summed E-state index contributed by atoms with van der Waals surface area (Å²) in [5.74, 6) is 5.91. The van der Waals surface area contributed by atoms with Crippen molar-refractivity contribution in [3.63, 3.8) is 0 Å². The molecule has 2 aromatic heterocycles. The van der Waals surface area contributed by atoms with Gasteiger partial charge >= 0.3 is 0 Å². The van der Waals surface area contributed by atoms with Gasteiger partial charge in [-0.25, -0.2) is 14.3 Å². The summed E-state index contributed by atoms with van der Waals surface area (Å²) >= 11 is 0. The summed E-state index contributed by atoms with van der Waals surface area (Å²) in [6.07, 6.45) is 1.88. The molecule has 0 radical (unpaired) electrons. The Kier molecular flexibility index (Phi) is 5.62. The minimum atomic E-state index is -4.33. The van der Waals surface area contributed by atoms with E-state index in [1.165, 1.54) is 27.4 Å². The number of H-pyrrole nitrogens is 1. The quantitative estimate of drug-likeness (QED) is 0.275. The van der Waals surface area contributed by atoms with Gasteiger partial charge in [0, 0.05) is 23.9 Å². The van der Waals surface area contributed by atoms with Crippen LogP contribution in [-0.4, -0.2) is 18.0 Å². The van der Waals surface area contributed by atoms with Gasteiger partial charge in [0.05, 0.1) is 15.8 Å². The average molecular weight is 426 g/mol. The van der Waals surface area contributed by atoms with Crippen molar-refractivity contribution in [1.82, 2.24) is 4.98 Å². The van der Waals surface area contributed by atoms with Crippen LogP contribution >= 0.6 is 0 Å². The molecule has 0 spiro atoms. The lowest BCUT2D eigenvalue weighted by Crippen LogP contribution is -2.46. The second kappa shape index (κ2) is 7.74. The molecule has 2 heterocycles. The Hall–Kier alpha value is -2.90. The summed E-state index contributed by atoms with van der Waals surface area (Å²) in [4.78, 5) is 3.36. The number of aromatic amines is 1. The Morgan fingerprint density at radius 2 is 1.43 bits per heavy atom. The Morgan fingerprint density at radius 1 is 0.867 bits per heavy atom. The van der Waals surface area contributed by atoms with Gasteiger partial charge in [0.1, 0.15) is 10.1 Å². The summed E-state index contributed by atoms with van der Waals surface area (Å²) in [5.41, 5.74) is 8.02. The molecule has 0 saturated carbocycles. The third-order valence-electron chi connectivity index (χ3n) is 5.45. The standard InChI is InChI=1S/C14H15N3.C9H12O3S/c1-8-6-11-13(7-9(8)2)16-12-4-5-17(15)10(3)14(11)12;1-6-4-7(2)9(8(3)5-6)13(10,11)12/h4-7H,15H2,1-3H3;4-5H,1-3H3,(H,10,11,12). The van der Waals surface area contributed by atoms with Gasteiger partial charge in [0.25, 0.3) is 0 Å². The van der Waals surface area contributed by atoms with Crippen molar-refractivity contribution >= 4 is 31.9 Å². The predicted molar refractivity (Wildman–Crippen MR) is 119 cm³/mol. The van der Waals surface area contributed by atoms with E-state index in [4.69, 9.17) is 5.84 Å². The molecule has 158 valence electrons. The summed E-state index contributed by atoms with van der Waals surface area (Å²) in [6, 6.07) is 9.84. The highest BCUT2D eigenvalue weighted by atomic mass is 32.2. The molecule has 0 aliphatic rings. The molecule has 6 nitrogen and oxygen atoms in total. The number of aryl methyl sites for hydroxylation is 6. The molecule has 0 unspecified atom stereocenters. The molecule has 0 fully saturated rings. The number of fused-ring (bicyclic) bond motifs is 3. The number of benzene rings is 2. The first-order chi connectivity index (χ1) is 13.9. The van der Waals surface area contributed by atoms with Gasteiger partial charge in [-0.05, 0) is 69.0 Å². The molecule has 0 atom stereocenters. The van der Waals surface area contributed by atoms with Crippen molar-refractivity contribution < 1.29 is 17.6 Å². The molecule has 4 aromatic rings. The molecule has 7 heteroatoms. The Morgan fingerprint density at radius 3 is 2.00 bits per heavy atom. The number of nitrogens with two attached hydrogens (primary N) is 1. The number of pyridine rings is 1. The van der Waals surface area contributed by atoms with Gasteiger partial charge in [-0.1, -0.05) is 22.4 Å². The predicted octanol–water partition coefficient (Wildman–Crippen LogP) is 3.76. The molecule has 3 N–H and O–H groups in total. The molecule has 0 aliphatic carbocycles. The van der Waals surface area contributed by atoms with E-state index in [2.05, 4.69) is 31.0 Å². The fourth-order valence-electron chi connectivity index (χ4n) is 3.95. The summed E-state index contributed by atoms with van der Waals surface area (Å²) in [6.45, 7) is 11.4. The Labute approximate surface area is 177 Å². The van der Waals surface area contributed by atoms with E-state index in [9.17, 15) is 13.0 Å². The fourth-order valence-corrected chi connectivity index (χ4v) is 4.86. The number of nitrogens with zero attached hydrogens (tertiary/aromatic N) is 1. The zero-order valence-electron chi connectivity index (χ0n) is 18.1. The molecular formula is C23H27N3O3S. The van der Waals surface area contributed by atoms with Crippen LogP contribution in [0.15, 0.2) is 41.4 Å². The molecule has 0 bridgehead atoms. The van der Waals surface area contributed by atoms with Crippen molar-refractivity contribution in [2.45, 2.75) is 46.4 Å². The Bertz CT molecular complexity index is 1360. The number of nitrogens with one attached hydrogen (secondary N) is 1. The maximum Gasteiger partial charge on any atom is 0.218 e. The lowest BCUT2D eigenvalue weighted by Gasteiger charge is -2.14. The molecule has 4 rings (SSSR count). The highest BCUT2D eigenvalue weighted by Gasteiger charge is 2.14. The highest BCUT2D eigenvalue weighted by molar-refractivity contribution is 7.85. The highest BCUT2D eigenvalue weighted by Crippen LogP contribution is 2.28. The first-order valence-corrected chi connectivity index (χ1v) is 11.0. The maximum absolute atomic E-state index is 10.8. The minimum Gasteiger partial charge on any atom is -0.744 e. The normalized spacial score (nSPS) is 11.6. The molecule has 0 aliphatic heterocycles. The maximum atomic E-state index is 10.8. The lowest BCUT2D eigenvalue weighted by molar-refractivity contribution is -0.643. The second-order valence-corrected chi connectivity index (χ2v) is 9.20. The van der Waals surface area contributed by atoms with Crippen LogP contribution in [0.5, 0.6) is 0 Å². The topological polar surface area (TPSA) is 103 Å². The number of aromatic nitrogens is 2. The van der Waals surface area contributed by atoms with E-state index in [0.717, 1.165) is 16.8 Å². The zero-order chi connectivity index (χ0) is 22.4. The van der Waals surface area contributed by atoms with Gasteiger partial charge < -0.3 is 9.54 Å². The Balaban J connectivity index is 0.000000178. The minimum absolute atomic E-state index is 0.0851.